The zero-order chi connectivity index (χ0) is 6.85. The summed E-state index contributed by atoms with van der Waals surface area (Å²) in [5.41, 5.74) is 4.06. The Hall–Kier alpha value is -0.0917. The maximum absolute atomic E-state index is 2.19. The van der Waals surface area contributed by atoms with Crippen molar-refractivity contribution in [1.29, 1.82) is 0 Å². The molecule has 0 N–H and O–H groups in total. The van der Waals surface area contributed by atoms with Crippen molar-refractivity contribution >= 4 is 0 Å². The van der Waals surface area contributed by atoms with Crippen LogP contribution in [0.4, 0.5) is 0 Å². The second-order valence-electron chi connectivity index (χ2n) is 2.67. The molecule has 1 rings (SSSR count). The van der Waals surface area contributed by atoms with Crippen LogP contribution in [0.15, 0.2) is 18.2 Å². The third-order valence-corrected chi connectivity index (χ3v) is 1.37. The molecule has 0 spiro atoms. The first-order valence-corrected chi connectivity index (χ1v) is 3.23. The number of rotatable bonds is 0. The van der Waals surface area contributed by atoms with E-state index in [9.17, 15) is 0 Å². The van der Waals surface area contributed by atoms with Crippen molar-refractivity contribution in [3.8, 4) is 0 Å². The molecular formula is C9H12Mo. The molecule has 0 aromatic heterocycles. The number of benzene rings is 1. The summed E-state index contributed by atoms with van der Waals surface area (Å²) in [5.74, 6) is 0. The molecule has 0 saturated heterocycles. The van der Waals surface area contributed by atoms with E-state index in [1.807, 2.05) is 0 Å². The second-order valence-corrected chi connectivity index (χ2v) is 2.67. The predicted molar refractivity (Wildman–Crippen MR) is 40.7 cm³/mol. The van der Waals surface area contributed by atoms with E-state index in [-0.39, 0.29) is 21.1 Å². The normalized spacial score (nSPS) is 8.70. The summed E-state index contributed by atoms with van der Waals surface area (Å²) in [4.78, 5) is 0. The zero-order valence-electron chi connectivity index (χ0n) is 6.64. The molecule has 0 heterocycles. The van der Waals surface area contributed by atoms with E-state index in [0.717, 1.165) is 0 Å². The van der Waals surface area contributed by atoms with E-state index < -0.39 is 0 Å². The first-order valence-electron chi connectivity index (χ1n) is 3.23. The summed E-state index contributed by atoms with van der Waals surface area (Å²) >= 11 is 0. The SMILES string of the molecule is Cc1cc(C)cc(C)c1.[Mo]. The van der Waals surface area contributed by atoms with Gasteiger partial charge in [-0.3, -0.25) is 0 Å². The van der Waals surface area contributed by atoms with Gasteiger partial charge in [-0.25, -0.2) is 0 Å². The summed E-state index contributed by atoms with van der Waals surface area (Å²) in [6.07, 6.45) is 0. The fourth-order valence-electron chi connectivity index (χ4n) is 1.20. The van der Waals surface area contributed by atoms with Crippen LogP contribution >= 0.6 is 0 Å². The Kier molecular flexibility index (Phi) is 3.89. The van der Waals surface area contributed by atoms with Crippen LogP contribution in [-0.2, 0) is 21.1 Å². The summed E-state index contributed by atoms with van der Waals surface area (Å²) in [5, 5.41) is 0. The van der Waals surface area contributed by atoms with Crippen LogP contribution in [0.25, 0.3) is 0 Å². The van der Waals surface area contributed by atoms with Gasteiger partial charge in [0.15, 0.2) is 0 Å². The van der Waals surface area contributed by atoms with Gasteiger partial charge in [-0.15, -0.1) is 0 Å². The average molecular weight is 216 g/mol. The van der Waals surface area contributed by atoms with Crippen molar-refractivity contribution in [3.05, 3.63) is 34.9 Å². The van der Waals surface area contributed by atoms with E-state index in [0.29, 0.717) is 0 Å². The standard InChI is InChI=1S/C9H12.Mo/c1-7-4-8(2)6-9(3)5-7;/h4-6H,1-3H3;. The largest absolute Gasteiger partial charge is 0.0564 e. The molecule has 1 heteroatoms. The van der Waals surface area contributed by atoms with Crippen LogP contribution < -0.4 is 0 Å². The van der Waals surface area contributed by atoms with Crippen molar-refractivity contribution in [3.63, 3.8) is 0 Å². The van der Waals surface area contributed by atoms with E-state index >= 15 is 0 Å². The van der Waals surface area contributed by atoms with Crippen molar-refractivity contribution in [2.45, 2.75) is 20.8 Å². The van der Waals surface area contributed by atoms with Crippen LogP contribution in [0.2, 0.25) is 0 Å². The third kappa shape index (κ3) is 2.66. The van der Waals surface area contributed by atoms with Crippen LogP contribution in [0, 0.1) is 20.8 Å². The Labute approximate surface area is 76.9 Å². The molecule has 54 valence electrons. The predicted octanol–water partition coefficient (Wildman–Crippen LogP) is 2.61. The molecule has 0 saturated carbocycles. The molecule has 1 aromatic carbocycles. The fraction of sp³-hybridized carbons (Fsp3) is 0.333. The van der Waals surface area contributed by atoms with Gasteiger partial charge in [0.2, 0.25) is 0 Å². The van der Waals surface area contributed by atoms with Crippen LogP contribution in [0.1, 0.15) is 16.7 Å². The quantitative estimate of drug-likeness (QED) is 0.585. The molecule has 0 radical (unpaired) electrons. The molecule has 1 aromatic rings. The molecule has 0 aliphatic heterocycles. The molecule has 0 aliphatic carbocycles. The van der Waals surface area contributed by atoms with Gasteiger partial charge in [-0.05, 0) is 20.8 Å². The first kappa shape index (κ1) is 9.91. The van der Waals surface area contributed by atoms with Crippen molar-refractivity contribution in [2.75, 3.05) is 0 Å². The molecule has 0 nitrogen and oxygen atoms in total. The maximum Gasteiger partial charge on any atom is 0 e. The van der Waals surface area contributed by atoms with E-state index in [2.05, 4.69) is 39.0 Å². The van der Waals surface area contributed by atoms with Gasteiger partial charge in [0.25, 0.3) is 0 Å². The number of hydrogen-bond donors (Lipinski definition) is 0. The van der Waals surface area contributed by atoms with Gasteiger partial charge in [0.1, 0.15) is 0 Å². The average Bonchev–Trinajstić information content (AvgIpc) is 1.59. The minimum atomic E-state index is 0. The van der Waals surface area contributed by atoms with Gasteiger partial charge in [0, 0.05) is 21.1 Å². The first-order chi connectivity index (χ1) is 4.18. The maximum atomic E-state index is 2.19. The minimum Gasteiger partial charge on any atom is -0.0564 e. The van der Waals surface area contributed by atoms with Crippen LogP contribution in [-0.4, -0.2) is 0 Å². The Balaban J connectivity index is 0.000000810. The van der Waals surface area contributed by atoms with E-state index in [1.165, 1.54) is 16.7 Å². The van der Waals surface area contributed by atoms with Gasteiger partial charge >= 0.3 is 0 Å². The van der Waals surface area contributed by atoms with Gasteiger partial charge in [-0.1, -0.05) is 34.9 Å². The Morgan fingerprint density at radius 2 is 0.900 bits per heavy atom. The summed E-state index contributed by atoms with van der Waals surface area (Å²) < 4.78 is 0. The topological polar surface area (TPSA) is 0 Å². The number of hydrogen-bond acceptors (Lipinski definition) is 0. The van der Waals surface area contributed by atoms with Gasteiger partial charge in [0.05, 0.1) is 0 Å². The zero-order valence-corrected chi connectivity index (χ0v) is 8.65. The van der Waals surface area contributed by atoms with Gasteiger partial charge < -0.3 is 0 Å². The van der Waals surface area contributed by atoms with Gasteiger partial charge in [-0.2, -0.15) is 0 Å². The van der Waals surface area contributed by atoms with E-state index in [1.54, 1.807) is 0 Å². The van der Waals surface area contributed by atoms with Crippen molar-refractivity contribution in [1.82, 2.24) is 0 Å². The van der Waals surface area contributed by atoms with Crippen LogP contribution in [0.5, 0.6) is 0 Å². The van der Waals surface area contributed by atoms with Crippen molar-refractivity contribution in [2.24, 2.45) is 0 Å². The molecule has 0 aliphatic rings. The van der Waals surface area contributed by atoms with Crippen molar-refractivity contribution < 1.29 is 21.1 Å². The van der Waals surface area contributed by atoms with E-state index in [4.69, 9.17) is 0 Å². The summed E-state index contributed by atoms with van der Waals surface area (Å²) in [6, 6.07) is 6.56. The molecule has 0 unspecified atom stereocenters. The van der Waals surface area contributed by atoms with Crippen LogP contribution in [0.3, 0.4) is 0 Å². The monoisotopic (exact) mass is 218 g/mol. The Morgan fingerprint density at radius 1 is 0.700 bits per heavy atom. The summed E-state index contributed by atoms with van der Waals surface area (Å²) in [7, 11) is 0. The molecule has 0 amide bonds. The molecule has 10 heavy (non-hydrogen) atoms. The molecule has 0 bridgehead atoms. The smallest absolute Gasteiger partial charge is 0 e. The second kappa shape index (κ2) is 3.93. The summed E-state index contributed by atoms with van der Waals surface area (Å²) in [6.45, 7) is 6.38. The Morgan fingerprint density at radius 3 is 1.10 bits per heavy atom. The molecule has 0 fully saturated rings. The molecular weight excluding hydrogens is 204 g/mol. The minimum absolute atomic E-state index is 0. The fourth-order valence-corrected chi connectivity index (χ4v) is 1.20. The molecule has 0 atom stereocenters. The third-order valence-electron chi connectivity index (χ3n) is 1.37. The Bertz CT molecular complexity index is 165. The number of aryl methyl sites for hydroxylation is 3.